The maximum absolute atomic E-state index is 11.6. The second-order valence-corrected chi connectivity index (χ2v) is 5.17. The summed E-state index contributed by atoms with van der Waals surface area (Å²) >= 11 is 0. The van der Waals surface area contributed by atoms with Gasteiger partial charge >= 0.3 is 11.9 Å². The molecule has 2 heterocycles. The van der Waals surface area contributed by atoms with Crippen molar-refractivity contribution >= 4 is 11.9 Å². The van der Waals surface area contributed by atoms with Gasteiger partial charge in [-0.25, -0.2) is 9.59 Å². The van der Waals surface area contributed by atoms with Crippen LogP contribution in [-0.4, -0.2) is 54.4 Å². The van der Waals surface area contributed by atoms with Gasteiger partial charge in [0.15, 0.2) is 18.5 Å². The number of fused-ring (bicyclic) bond motifs is 2. The lowest BCUT2D eigenvalue weighted by Crippen LogP contribution is -2.56. The summed E-state index contributed by atoms with van der Waals surface area (Å²) in [6.07, 6.45) is -4.81. The Kier molecular flexibility index (Phi) is 4.46. The lowest BCUT2D eigenvalue weighted by molar-refractivity contribution is -0.243. The number of esters is 2. The predicted molar refractivity (Wildman–Crippen MR) is 70.0 cm³/mol. The molecule has 2 fully saturated rings. The average Bonchev–Trinajstić information content (AvgIpc) is 2.85. The van der Waals surface area contributed by atoms with E-state index in [2.05, 4.69) is 13.2 Å². The van der Waals surface area contributed by atoms with E-state index in [1.54, 1.807) is 0 Å². The van der Waals surface area contributed by atoms with Crippen LogP contribution in [0.15, 0.2) is 24.3 Å². The van der Waals surface area contributed by atoms with Crippen molar-refractivity contribution < 1.29 is 33.6 Å². The SMILES string of the molecule is C=C(C)C(=O)OC1C2COC(O2)C(OC(=O)C(=C)C)C1O. The molecule has 116 valence electrons. The summed E-state index contributed by atoms with van der Waals surface area (Å²) in [5.74, 6) is -1.33. The molecule has 2 aliphatic rings. The van der Waals surface area contributed by atoms with Crippen LogP contribution in [0.1, 0.15) is 13.8 Å². The minimum absolute atomic E-state index is 0.136. The van der Waals surface area contributed by atoms with Gasteiger partial charge in [-0.2, -0.15) is 0 Å². The topological polar surface area (TPSA) is 91.3 Å². The lowest BCUT2D eigenvalue weighted by atomic mass is 10.0. The van der Waals surface area contributed by atoms with Gasteiger partial charge in [-0.3, -0.25) is 0 Å². The maximum Gasteiger partial charge on any atom is 0.333 e. The van der Waals surface area contributed by atoms with Crippen molar-refractivity contribution in [1.82, 2.24) is 0 Å². The highest BCUT2D eigenvalue weighted by Gasteiger charge is 2.54. The van der Waals surface area contributed by atoms with E-state index in [1.165, 1.54) is 13.8 Å². The van der Waals surface area contributed by atoms with E-state index in [0.29, 0.717) is 0 Å². The van der Waals surface area contributed by atoms with Gasteiger partial charge < -0.3 is 24.1 Å². The number of rotatable bonds is 4. The highest BCUT2D eigenvalue weighted by atomic mass is 16.8. The number of aliphatic hydroxyl groups excluding tert-OH is 1. The fourth-order valence-electron chi connectivity index (χ4n) is 2.07. The number of aliphatic hydroxyl groups is 1. The molecule has 0 saturated carbocycles. The first-order valence-electron chi connectivity index (χ1n) is 6.49. The fourth-order valence-corrected chi connectivity index (χ4v) is 2.07. The molecule has 2 rings (SSSR count). The quantitative estimate of drug-likeness (QED) is 0.580. The van der Waals surface area contributed by atoms with Crippen molar-refractivity contribution in [2.75, 3.05) is 6.61 Å². The van der Waals surface area contributed by atoms with E-state index in [0.717, 1.165) is 0 Å². The Morgan fingerprint density at radius 1 is 1.10 bits per heavy atom. The first-order chi connectivity index (χ1) is 9.81. The smallest absolute Gasteiger partial charge is 0.333 e. The second-order valence-electron chi connectivity index (χ2n) is 5.17. The molecule has 1 N–H and O–H groups in total. The summed E-state index contributed by atoms with van der Waals surface area (Å²) in [5.41, 5.74) is 0.372. The molecule has 0 aliphatic carbocycles. The molecular weight excluding hydrogens is 280 g/mol. The van der Waals surface area contributed by atoms with Crippen molar-refractivity contribution in [2.45, 2.75) is 44.6 Å². The van der Waals surface area contributed by atoms with E-state index in [-0.39, 0.29) is 17.8 Å². The van der Waals surface area contributed by atoms with Crippen LogP contribution < -0.4 is 0 Å². The number of hydrogen-bond donors (Lipinski definition) is 1. The van der Waals surface area contributed by atoms with Crippen LogP contribution in [0.25, 0.3) is 0 Å². The molecular formula is C14H18O7. The molecule has 5 atom stereocenters. The summed E-state index contributed by atoms with van der Waals surface area (Å²) < 4.78 is 21.0. The Morgan fingerprint density at radius 3 is 2.14 bits per heavy atom. The second kappa shape index (κ2) is 5.97. The van der Waals surface area contributed by atoms with Crippen LogP contribution in [0.3, 0.4) is 0 Å². The van der Waals surface area contributed by atoms with Gasteiger partial charge in [-0.1, -0.05) is 13.2 Å². The van der Waals surface area contributed by atoms with Crippen LogP contribution in [-0.2, 0) is 28.5 Å². The largest absolute Gasteiger partial charge is 0.453 e. The molecule has 7 nitrogen and oxygen atoms in total. The third kappa shape index (κ3) is 3.15. The highest BCUT2D eigenvalue weighted by Crippen LogP contribution is 2.32. The molecule has 2 bridgehead atoms. The van der Waals surface area contributed by atoms with Gasteiger partial charge in [0.1, 0.15) is 12.2 Å². The van der Waals surface area contributed by atoms with E-state index < -0.39 is 42.6 Å². The van der Waals surface area contributed by atoms with Crippen LogP contribution in [0.5, 0.6) is 0 Å². The number of carbonyl (C=O) groups is 2. The maximum atomic E-state index is 11.6. The summed E-state index contributed by atoms with van der Waals surface area (Å²) in [7, 11) is 0. The molecule has 2 saturated heterocycles. The summed E-state index contributed by atoms with van der Waals surface area (Å²) in [6, 6.07) is 0. The summed E-state index contributed by atoms with van der Waals surface area (Å²) in [4.78, 5) is 23.2. The molecule has 2 aliphatic heterocycles. The van der Waals surface area contributed by atoms with Crippen molar-refractivity contribution in [2.24, 2.45) is 0 Å². The molecule has 0 radical (unpaired) electrons. The Hall–Kier alpha value is -1.70. The zero-order valence-corrected chi connectivity index (χ0v) is 11.9. The van der Waals surface area contributed by atoms with E-state index in [1.807, 2.05) is 0 Å². The van der Waals surface area contributed by atoms with Crippen LogP contribution >= 0.6 is 0 Å². The van der Waals surface area contributed by atoms with Gasteiger partial charge in [0, 0.05) is 11.1 Å². The summed E-state index contributed by atoms with van der Waals surface area (Å²) in [5, 5.41) is 10.3. The van der Waals surface area contributed by atoms with Crippen molar-refractivity contribution in [1.29, 1.82) is 0 Å². The van der Waals surface area contributed by atoms with E-state index in [4.69, 9.17) is 18.9 Å². The number of ether oxygens (including phenoxy) is 4. The Balaban J connectivity index is 2.12. The van der Waals surface area contributed by atoms with Gasteiger partial charge in [-0.05, 0) is 13.8 Å². The molecule has 0 aromatic heterocycles. The van der Waals surface area contributed by atoms with Gasteiger partial charge in [0.05, 0.1) is 6.61 Å². The van der Waals surface area contributed by atoms with Crippen molar-refractivity contribution in [3.63, 3.8) is 0 Å². The van der Waals surface area contributed by atoms with Gasteiger partial charge in [0.2, 0.25) is 0 Å². The lowest BCUT2D eigenvalue weighted by Gasteiger charge is -2.37. The standard InChI is InChI=1S/C14H18O7/c1-6(2)12(16)20-10-8-5-18-14(19-8)11(9(10)15)21-13(17)7(3)4/h8-11,14-15H,1,3,5H2,2,4H3. The molecule has 7 heteroatoms. The van der Waals surface area contributed by atoms with E-state index in [9.17, 15) is 14.7 Å². The Labute approximate surface area is 122 Å². The fraction of sp³-hybridized carbons (Fsp3) is 0.571. The van der Waals surface area contributed by atoms with Crippen LogP contribution in [0.2, 0.25) is 0 Å². The zero-order valence-electron chi connectivity index (χ0n) is 11.9. The summed E-state index contributed by atoms with van der Waals surface area (Å²) in [6.45, 7) is 10.0. The Bertz CT molecular complexity index is 442. The van der Waals surface area contributed by atoms with Gasteiger partial charge in [0.25, 0.3) is 0 Å². The zero-order chi connectivity index (χ0) is 15.7. The molecule has 21 heavy (non-hydrogen) atoms. The molecule has 0 amide bonds. The van der Waals surface area contributed by atoms with Gasteiger partial charge in [-0.15, -0.1) is 0 Å². The number of hydrogen-bond acceptors (Lipinski definition) is 7. The average molecular weight is 298 g/mol. The van der Waals surface area contributed by atoms with Crippen molar-refractivity contribution in [3.05, 3.63) is 24.3 Å². The Morgan fingerprint density at radius 2 is 1.62 bits per heavy atom. The molecule has 0 spiro atoms. The number of carbonyl (C=O) groups excluding carboxylic acids is 2. The van der Waals surface area contributed by atoms with E-state index >= 15 is 0 Å². The molecule has 0 aromatic rings. The first-order valence-corrected chi connectivity index (χ1v) is 6.49. The molecule has 0 aromatic carbocycles. The molecule has 5 unspecified atom stereocenters. The third-order valence-electron chi connectivity index (χ3n) is 3.22. The van der Waals surface area contributed by atoms with Crippen LogP contribution in [0, 0.1) is 0 Å². The monoisotopic (exact) mass is 298 g/mol. The highest BCUT2D eigenvalue weighted by molar-refractivity contribution is 5.87. The predicted octanol–water partition coefficient (Wildman–Crippen LogP) is 0.0782. The van der Waals surface area contributed by atoms with Crippen molar-refractivity contribution in [3.8, 4) is 0 Å². The normalized spacial score (nSPS) is 34.1. The minimum atomic E-state index is -1.25. The third-order valence-corrected chi connectivity index (χ3v) is 3.22. The first kappa shape index (κ1) is 15.7. The van der Waals surface area contributed by atoms with Crippen LogP contribution in [0.4, 0.5) is 0 Å². The minimum Gasteiger partial charge on any atom is -0.453 e.